The van der Waals surface area contributed by atoms with Crippen LogP contribution in [0.5, 0.6) is 0 Å². The zero-order valence-corrected chi connectivity index (χ0v) is 26.7. The van der Waals surface area contributed by atoms with Gasteiger partial charge in [0.05, 0.1) is 12.1 Å². The van der Waals surface area contributed by atoms with Crippen molar-refractivity contribution in [1.82, 2.24) is 20.0 Å². The van der Waals surface area contributed by atoms with Gasteiger partial charge < -0.3 is 19.9 Å². The molecule has 9 heteroatoms. The summed E-state index contributed by atoms with van der Waals surface area (Å²) in [5.74, 6) is -0.816. The van der Waals surface area contributed by atoms with Crippen LogP contribution in [0.25, 0.3) is 0 Å². The Bertz CT molecular complexity index is 973. The lowest BCUT2D eigenvalue weighted by atomic mass is 9.95. The molecule has 1 saturated carbocycles. The molecular formula is C32H54N4O5. The number of ether oxygens (including phenoxy) is 1. The maximum absolute atomic E-state index is 13.9. The molecule has 41 heavy (non-hydrogen) atoms. The van der Waals surface area contributed by atoms with Crippen LogP contribution in [0.3, 0.4) is 0 Å². The lowest BCUT2D eigenvalue weighted by Crippen LogP contribution is -2.58. The van der Waals surface area contributed by atoms with E-state index in [1.54, 1.807) is 23.8 Å². The number of likely N-dealkylation sites (N-methyl/N-ethyl adjacent to an activating group) is 1. The second kappa shape index (κ2) is 14.7. The summed E-state index contributed by atoms with van der Waals surface area (Å²) in [5, 5.41) is 3.09. The number of nitrogens with zero attached hydrogens (tertiary/aromatic N) is 3. The number of nitrogens with one attached hydrogen (secondary N) is 1. The van der Waals surface area contributed by atoms with Crippen molar-refractivity contribution in [1.29, 1.82) is 0 Å². The van der Waals surface area contributed by atoms with E-state index in [0.29, 0.717) is 18.5 Å². The zero-order valence-electron chi connectivity index (χ0n) is 26.7. The molecule has 1 N–H and O–H groups in total. The monoisotopic (exact) mass is 574 g/mol. The van der Waals surface area contributed by atoms with Crippen LogP contribution >= 0.6 is 0 Å². The van der Waals surface area contributed by atoms with Crippen LogP contribution in [0.15, 0.2) is 11.6 Å². The number of carbonyl (C=O) groups is 4. The summed E-state index contributed by atoms with van der Waals surface area (Å²) >= 11 is 0. The van der Waals surface area contributed by atoms with Gasteiger partial charge in [-0.1, -0.05) is 40.2 Å². The summed E-state index contributed by atoms with van der Waals surface area (Å²) in [6, 6.07) is -1.54. The van der Waals surface area contributed by atoms with Crippen LogP contribution in [-0.4, -0.2) is 94.8 Å². The Morgan fingerprint density at radius 3 is 2.07 bits per heavy atom. The molecule has 0 unspecified atom stereocenters. The minimum atomic E-state index is -0.668. The fourth-order valence-electron chi connectivity index (χ4n) is 6.27. The standard InChI is InChI=1S/C32H54N4O5/c1-20(2)27(19-23(7)30(38)36-18-12-16-26(36)32(40)41-24-13-11-14-24)34(8)31(39)28(21(3)4)33-29(37)25-15-9-10-17-35(25)22(5)6/h19-22,24-28H,9-18H2,1-8H3,(H,33,37)/b23-19+/t25-,26+,27-,28+/m1/s1. The van der Waals surface area contributed by atoms with E-state index in [2.05, 4.69) is 24.1 Å². The van der Waals surface area contributed by atoms with Crippen molar-refractivity contribution in [3.63, 3.8) is 0 Å². The lowest BCUT2D eigenvalue weighted by Gasteiger charge is -2.39. The maximum atomic E-state index is 13.9. The van der Waals surface area contributed by atoms with Gasteiger partial charge in [0.2, 0.25) is 17.7 Å². The minimum absolute atomic E-state index is 0.0115. The van der Waals surface area contributed by atoms with Gasteiger partial charge in [-0.3, -0.25) is 19.3 Å². The number of hydrogen-bond donors (Lipinski definition) is 1. The SMILES string of the molecule is C/C(=C\[C@H](C(C)C)N(C)C(=O)[C@@H](NC(=O)[C@H]1CCCCN1C(C)C)C(C)C)C(=O)N1CCC[C@H]1C(=O)OC1CCC1. The van der Waals surface area contributed by atoms with Crippen molar-refractivity contribution in [2.24, 2.45) is 11.8 Å². The van der Waals surface area contributed by atoms with E-state index in [1.165, 1.54) is 0 Å². The summed E-state index contributed by atoms with van der Waals surface area (Å²) in [4.78, 5) is 59.1. The van der Waals surface area contributed by atoms with Gasteiger partial charge in [-0.15, -0.1) is 0 Å². The average Bonchev–Trinajstić information content (AvgIpc) is 3.40. The van der Waals surface area contributed by atoms with Gasteiger partial charge in [-0.2, -0.15) is 0 Å². The van der Waals surface area contributed by atoms with Crippen LogP contribution in [0, 0.1) is 11.8 Å². The average molecular weight is 575 g/mol. The number of piperidine rings is 1. The molecule has 2 saturated heterocycles. The number of hydrogen-bond acceptors (Lipinski definition) is 6. The fourth-order valence-corrected chi connectivity index (χ4v) is 6.27. The van der Waals surface area contributed by atoms with Crippen molar-refractivity contribution in [3.8, 4) is 0 Å². The predicted octanol–water partition coefficient (Wildman–Crippen LogP) is 3.91. The van der Waals surface area contributed by atoms with E-state index in [-0.39, 0.29) is 59.8 Å². The molecule has 1 aliphatic carbocycles. The molecule has 2 heterocycles. The maximum Gasteiger partial charge on any atom is 0.329 e. The molecule has 3 amide bonds. The highest BCUT2D eigenvalue weighted by molar-refractivity contribution is 5.96. The first kappa shape index (κ1) is 33.1. The third-order valence-corrected chi connectivity index (χ3v) is 9.10. The molecule has 0 spiro atoms. The molecule has 232 valence electrons. The summed E-state index contributed by atoms with van der Waals surface area (Å²) in [7, 11) is 1.75. The van der Waals surface area contributed by atoms with Gasteiger partial charge in [-0.25, -0.2) is 4.79 Å². The van der Waals surface area contributed by atoms with Crippen LogP contribution in [0.1, 0.15) is 99.8 Å². The van der Waals surface area contributed by atoms with Gasteiger partial charge in [-0.05, 0) is 84.1 Å². The molecule has 0 aromatic rings. The quantitative estimate of drug-likeness (QED) is 0.297. The Labute approximate surface area is 247 Å². The molecule has 4 atom stereocenters. The Balaban J connectivity index is 1.72. The summed E-state index contributed by atoms with van der Waals surface area (Å²) in [6.45, 7) is 15.3. The van der Waals surface area contributed by atoms with Crippen molar-refractivity contribution >= 4 is 23.7 Å². The van der Waals surface area contributed by atoms with Crippen molar-refractivity contribution < 1.29 is 23.9 Å². The van der Waals surface area contributed by atoms with E-state index in [1.807, 2.05) is 33.8 Å². The molecule has 0 aromatic carbocycles. The minimum Gasteiger partial charge on any atom is -0.461 e. The summed E-state index contributed by atoms with van der Waals surface area (Å²) in [6.07, 6.45) is 8.97. The summed E-state index contributed by atoms with van der Waals surface area (Å²) in [5.41, 5.74) is 0.506. The number of amides is 3. The number of likely N-dealkylation sites (tertiary alicyclic amines) is 2. The molecule has 3 fully saturated rings. The first-order valence-corrected chi connectivity index (χ1v) is 15.9. The molecule has 0 bridgehead atoms. The van der Waals surface area contributed by atoms with E-state index in [0.717, 1.165) is 51.5 Å². The van der Waals surface area contributed by atoms with Gasteiger partial charge in [0.15, 0.2) is 0 Å². The van der Waals surface area contributed by atoms with Crippen molar-refractivity contribution in [3.05, 3.63) is 11.6 Å². The van der Waals surface area contributed by atoms with E-state index < -0.39 is 12.1 Å². The topological polar surface area (TPSA) is 99.3 Å². The molecule has 0 aromatic heterocycles. The highest BCUT2D eigenvalue weighted by Crippen LogP contribution is 2.27. The highest BCUT2D eigenvalue weighted by atomic mass is 16.5. The van der Waals surface area contributed by atoms with Gasteiger partial charge in [0.1, 0.15) is 18.2 Å². The fraction of sp³-hybridized carbons (Fsp3) is 0.812. The molecule has 9 nitrogen and oxygen atoms in total. The van der Waals surface area contributed by atoms with E-state index in [9.17, 15) is 19.2 Å². The van der Waals surface area contributed by atoms with Gasteiger partial charge in [0, 0.05) is 25.2 Å². The normalized spacial score (nSPS) is 23.9. The Morgan fingerprint density at radius 2 is 1.51 bits per heavy atom. The second-order valence-electron chi connectivity index (χ2n) is 13.3. The Morgan fingerprint density at radius 1 is 0.854 bits per heavy atom. The van der Waals surface area contributed by atoms with Crippen LogP contribution in [0.2, 0.25) is 0 Å². The van der Waals surface area contributed by atoms with Crippen molar-refractivity contribution in [2.75, 3.05) is 20.1 Å². The Kier molecular flexibility index (Phi) is 11.8. The van der Waals surface area contributed by atoms with Crippen molar-refractivity contribution in [2.45, 2.75) is 136 Å². The molecule has 3 rings (SSSR count). The first-order chi connectivity index (χ1) is 19.3. The van der Waals surface area contributed by atoms with Crippen LogP contribution in [0.4, 0.5) is 0 Å². The molecule has 0 radical (unpaired) electrons. The van der Waals surface area contributed by atoms with E-state index in [4.69, 9.17) is 4.74 Å². The number of carbonyl (C=O) groups excluding carboxylic acids is 4. The first-order valence-electron chi connectivity index (χ1n) is 15.9. The second-order valence-corrected chi connectivity index (χ2v) is 13.3. The smallest absolute Gasteiger partial charge is 0.329 e. The predicted molar refractivity (Wildman–Crippen MR) is 160 cm³/mol. The van der Waals surface area contributed by atoms with Gasteiger partial charge in [0.25, 0.3) is 0 Å². The molecule has 2 aliphatic heterocycles. The third-order valence-electron chi connectivity index (χ3n) is 9.10. The third kappa shape index (κ3) is 8.11. The largest absolute Gasteiger partial charge is 0.461 e. The van der Waals surface area contributed by atoms with E-state index >= 15 is 0 Å². The highest BCUT2D eigenvalue weighted by Gasteiger charge is 2.39. The number of esters is 1. The Hall–Kier alpha value is -2.42. The van der Waals surface area contributed by atoms with Crippen LogP contribution in [-0.2, 0) is 23.9 Å². The molecule has 3 aliphatic rings. The lowest BCUT2D eigenvalue weighted by molar-refractivity contribution is -0.160. The zero-order chi connectivity index (χ0) is 30.4. The number of rotatable bonds is 11. The van der Waals surface area contributed by atoms with Crippen LogP contribution < -0.4 is 5.32 Å². The van der Waals surface area contributed by atoms with Gasteiger partial charge >= 0.3 is 5.97 Å². The summed E-state index contributed by atoms with van der Waals surface area (Å²) < 4.78 is 5.62. The molecular weight excluding hydrogens is 520 g/mol.